The van der Waals surface area contributed by atoms with Crippen molar-refractivity contribution in [1.82, 2.24) is 0 Å². The molecule has 2 aromatic rings. The second-order valence-electron chi connectivity index (χ2n) is 4.44. The number of hydrogen-bond donors (Lipinski definition) is 2. The van der Waals surface area contributed by atoms with E-state index >= 15 is 0 Å². The lowest BCUT2D eigenvalue weighted by molar-refractivity contribution is -0.115. The summed E-state index contributed by atoms with van der Waals surface area (Å²) < 4.78 is 27.6. The van der Waals surface area contributed by atoms with Gasteiger partial charge in [0.2, 0.25) is 5.91 Å². The highest BCUT2D eigenvalue weighted by Gasteiger charge is 2.19. The van der Waals surface area contributed by atoms with Gasteiger partial charge in [-0.1, -0.05) is 46.3 Å². The number of hydrogen-bond acceptors (Lipinski definition) is 2. The van der Waals surface area contributed by atoms with E-state index in [1.165, 1.54) is 0 Å². The zero-order valence-corrected chi connectivity index (χ0v) is 13.3. The molecule has 2 aromatic carbocycles. The summed E-state index contributed by atoms with van der Waals surface area (Å²) in [6.07, 6.45) is 0.371. The Morgan fingerprint density at radius 1 is 1.19 bits per heavy atom. The fraction of sp³-hybridized carbons (Fsp3) is 0.133. The SMILES string of the molecule is O=C(Nc1c(F)cc(Br)cc1F)C(S)Cc1ccccc1. The van der Waals surface area contributed by atoms with E-state index in [0.717, 1.165) is 17.7 Å². The molecule has 2 nitrogen and oxygen atoms in total. The van der Waals surface area contributed by atoms with E-state index in [1.54, 1.807) is 0 Å². The smallest absolute Gasteiger partial charge is 0.237 e. The van der Waals surface area contributed by atoms with Gasteiger partial charge in [-0.15, -0.1) is 0 Å². The van der Waals surface area contributed by atoms with Gasteiger partial charge in [-0.2, -0.15) is 12.6 Å². The minimum absolute atomic E-state index is 0.266. The van der Waals surface area contributed by atoms with Crippen LogP contribution in [0.1, 0.15) is 5.56 Å². The van der Waals surface area contributed by atoms with Crippen LogP contribution >= 0.6 is 28.6 Å². The fourth-order valence-corrected chi connectivity index (χ4v) is 2.48. The molecule has 1 amide bonds. The molecular formula is C15H12BrF2NOS. The van der Waals surface area contributed by atoms with E-state index in [0.29, 0.717) is 6.42 Å². The first-order chi connectivity index (χ1) is 9.97. The average Bonchev–Trinajstić information content (AvgIpc) is 2.43. The molecule has 0 aliphatic heterocycles. The van der Waals surface area contributed by atoms with Crippen LogP contribution in [0.5, 0.6) is 0 Å². The summed E-state index contributed by atoms with van der Waals surface area (Å²) >= 11 is 7.17. The van der Waals surface area contributed by atoms with Crippen LogP contribution in [0.4, 0.5) is 14.5 Å². The van der Waals surface area contributed by atoms with Gasteiger partial charge in [0.15, 0.2) is 11.6 Å². The van der Waals surface area contributed by atoms with Crippen molar-refractivity contribution in [1.29, 1.82) is 0 Å². The Balaban J connectivity index is 2.08. The molecule has 0 bridgehead atoms. The maximum atomic E-state index is 13.7. The molecule has 1 unspecified atom stereocenters. The Bertz CT molecular complexity index is 628. The molecule has 1 atom stereocenters. The Morgan fingerprint density at radius 2 is 1.76 bits per heavy atom. The number of benzene rings is 2. The third-order valence-electron chi connectivity index (χ3n) is 2.83. The van der Waals surface area contributed by atoms with Crippen LogP contribution in [0, 0.1) is 11.6 Å². The van der Waals surface area contributed by atoms with Crippen molar-refractivity contribution < 1.29 is 13.6 Å². The molecule has 0 aliphatic carbocycles. The van der Waals surface area contributed by atoms with Crippen molar-refractivity contribution in [2.24, 2.45) is 0 Å². The van der Waals surface area contributed by atoms with Crippen LogP contribution in [-0.2, 0) is 11.2 Å². The number of halogens is 3. The van der Waals surface area contributed by atoms with Gasteiger partial charge >= 0.3 is 0 Å². The number of nitrogens with one attached hydrogen (secondary N) is 1. The van der Waals surface area contributed by atoms with Gasteiger partial charge in [-0.3, -0.25) is 4.79 Å². The van der Waals surface area contributed by atoms with E-state index in [-0.39, 0.29) is 4.47 Å². The van der Waals surface area contributed by atoms with Gasteiger partial charge in [-0.25, -0.2) is 8.78 Å². The quantitative estimate of drug-likeness (QED) is 0.774. The molecule has 0 fully saturated rings. The van der Waals surface area contributed by atoms with Crippen LogP contribution in [0.15, 0.2) is 46.9 Å². The molecule has 0 heterocycles. The van der Waals surface area contributed by atoms with Gasteiger partial charge in [0, 0.05) is 4.47 Å². The van der Waals surface area contributed by atoms with Crippen LogP contribution in [0.2, 0.25) is 0 Å². The van der Waals surface area contributed by atoms with Gasteiger partial charge in [0.05, 0.1) is 5.25 Å². The Labute approximate surface area is 135 Å². The zero-order valence-electron chi connectivity index (χ0n) is 10.8. The lowest BCUT2D eigenvalue weighted by Gasteiger charge is -2.13. The van der Waals surface area contributed by atoms with Crippen molar-refractivity contribution in [3.8, 4) is 0 Å². The first kappa shape index (κ1) is 16.0. The van der Waals surface area contributed by atoms with Crippen molar-refractivity contribution in [3.63, 3.8) is 0 Å². The molecule has 2 rings (SSSR count). The molecule has 0 saturated carbocycles. The molecule has 1 N–H and O–H groups in total. The third-order valence-corrected chi connectivity index (χ3v) is 3.70. The molecular weight excluding hydrogens is 360 g/mol. The van der Waals surface area contributed by atoms with Gasteiger partial charge in [0.1, 0.15) is 5.69 Å². The number of carbonyl (C=O) groups is 1. The maximum Gasteiger partial charge on any atom is 0.237 e. The first-order valence-electron chi connectivity index (χ1n) is 6.15. The predicted molar refractivity (Wildman–Crippen MR) is 85.6 cm³/mol. The molecule has 6 heteroatoms. The Kier molecular flexibility index (Phi) is 5.36. The maximum absolute atomic E-state index is 13.7. The second-order valence-corrected chi connectivity index (χ2v) is 5.98. The van der Waals surface area contributed by atoms with Crippen molar-refractivity contribution in [3.05, 3.63) is 64.1 Å². The Hall–Kier alpha value is -1.40. The number of carbonyl (C=O) groups excluding carboxylic acids is 1. The van der Waals surface area contributed by atoms with E-state index in [2.05, 4.69) is 33.9 Å². The molecule has 0 radical (unpaired) electrons. The van der Waals surface area contributed by atoms with Crippen LogP contribution < -0.4 is 5.32 Å². The van der Waals surface area contributed by atoms with Crippen LogP contribution in [0.25, 0.3) is 0 Å². The summed E-state index contributed by atoms with van der Waals surface area (Å²) in [7, 11) is 0. The lowest BCUT2D eigenvalue weighted by Crippen LogP contribution is -2.26. The van der Waals surface area contributed by atoms with Crippen molar-refractivity contribution in [2.75, 3.05) is 5.32 Å². The third kappa shape index (κ3) is 4.28. The topological polar surface area (TPSA) is 29.1 Å². The Morgan fingerprint density at radius 3 is 2.33 bits per heavy atom. The van der Waals surface area contributed by atoms with Crippen LogP contribution in [-0.4, -0.2) is 11.2 Å². The molecule has 0 aromatic heterocycles. The highest BCUT2D eigenvalue weighted by Crippen LogP contribution is 2.24. The summed E-state index contributed by atoms with van der Waals surface area (Å²) in [5.41, 5.74) is 0.458. The van der Waals surface area contributed by atoms with Crippen molar-refractivity contribution in [2.45, 2.75) is 11.7 Å². The number of amides is 1. The van der Waals surface area contributed by atoms with Gasteiger partial charge < -0.3 is 5.32 Å². The summed E-state index contributed by atoms with van der Waals surface area (Å²) in [6, 6.07) is 11.5. The fourth-order valence-electron chi connectivity index (χ4n) is 1.80. The molecule has 0 aliphatic rings. The van der Waals surface area contributed by atoms with Gasteiger partial charge in [0.25, 0.3) is 0 Å². The van der Waals surface area contributed by atoms with Crippen LogP contribution in [0.3, 0.4) is 0 Å². The number of rotatable bonds is 4. The zero-order chi connectivity index (χ0) is 15.4. The number of anilines is 1. The standard InChI is InChI=1S/C15H12BrF2NOS/c16-10-7-11(17)14(12(18)8-10)19-15(20)13(21)6-9-4-2-1-3-5-9/h1-5,7-8,13,21H,6H2,(H,19,20). The minimum Gasteiger partial charge on any atom is -0.320 e. The summed E-state index contributed by atoms with van der Waals surface area (Å²) in [5, 5.41) is 1.54. The molecule has 110 valence electrons. The highest BCUT2D eigenvalue weighted by atomic mass is 79.9. The predicted octanol–water partition coefficient (Wildman–Crippen LogP) is 4.21. The molecule has 0 spiro atoms. The largest absolute Gasteiger partial charge is 0.320 e. The minimum atomic E-state index is -0.838. The summed E-state index contributed by atoms with van der Waals surface area (Å²) in [4.78, 5) is 12.0. The van der Waals surface area contributed by atoms with E-state index in [4.69, 9.17) is 0 Å². The highest BCUT2D eigenvalue weighted by molar-refractivity contribution is 9.10. The van der Waals surface area contributed by atoms with E-state index in [1.807, 2.05) is 30.3 Å². The average molecular weight is 372 g/mol. The first-order valence-corrected chi connectivity index (χ1v) is 7.45. The molecule has 21 heavy (non-hydrogen) atoms. The normalized spacial score (nSPS) is 12.0. The van der Waals surface area contributed by atoms with Crippen molar-refractivity contribution >= 4 is 40.2 Å². The lowest BCUT2D eigenvalue weighted by atomic mass is 10.1. The van der Waals surface area contributed by atoms with Gasteiger partial charge in [-0.05, 0) is 24.1 Å². The second kappa shape index (κ2) is 7.04. The molecule has 0 saturated heterocycles. The summed E-state index contributed by atoms with van der Waals surface area (Å²) in [6.45, 7) is 0. The monoisotopic (exact) mass is 371 g/mol. The summed E-state index contributed by atoms with van der Waals surface area (Å²) in [5.74, 6) is -2.23. The van der Waals surface area contributed by atoms with E-state index in [9.17, 15) is 13.6 Å². The number of thiol groups is 1. The van der Waals surface area contributed by atoms with E-state index < -0.39 is 28.5 Å².